The van der Waals surface area contributed by atoms with Crippen LogP contribution in [0.25, 0.3) is 10.9 Å². The lowest BCUT2D eigenvalue weighted by molar-refractivity contribution is 0.100. The molecule has 0 aliphatic carbocycles. The van der Waals surface area contributed by atoms with Gasteiger partial charge in [0.2, 0.25) is 11.5 Å². The number of nitrogens with zero attached hydrogens (tertiary/aromatic N) is 1. The maximum absolute atomic E-state index is 12.3. The van der Waals surface area contributed by atoms with E-state index in [1.54, 1.807) is 37.4 Å². The highest BCUT2D eigenvalue weighted by Crippen LogP contribution is 2.24. The molecule has 1 heterocycles. The Balaban J connectivity index is 2.09. The average molecular weight is 253 g/mol. The largest absolute Gasteiger partial charge is 0.497 e. The van der Waals surface area contributed by atoms with Gasteiger partial charge in [-0.05, 0) is 12.1 Å². The smallest absolute Gasteiger partial charge is 0.231 e. The van der Waals surface area contributed by atoms with Crippen molar-refractivity contribution in [3.05, 3.63) is 59.9 Å². The zero-order chi connectivity index (χ0) is 13.2. The Labute approximate surface area is 109 Å². The van der Waals surface area contributed by atoms with Gasteiger partial charge in [-0.25, -0.2) is 0 Å². The number of carbonyl (C=O) groups excluding carboxylic acids is 1. The number of rotatable bonds is 3. The normalized spacial score (nSPS) is 10.6. The van der Waals surface area contributed by atoms with E-state index >= 15 is 0 Å². The molecule has 19 heavy (non-hydrogen) atoms. The molecule has 4 nitrogen and oxygen atoms in total. The maximum Gasteiger partial charge on any atom is 0.231 e. The fourth-order valence-electron chi connectivity index (χ4n) is 1.93. The van der Waals surface area contributed by atoms with Crippen LogP contribution in [-0.2, 0) is 0 Å². The van der Waals surface area contributed by atoms with Gasteiger partial charge < -0.3 is 9.26 Å². The Hall–Kier alpha value is -2.62. The van der Waals surface area contributed by atoms with Crippen LogP contribution < -0.4 is 4.74 Å². The van der Waals surface area contributed by atoms with Crippen LogP contribution in [0.1, 0.15) is 16.1 Å². The molecule has 0 N–H and O–H groups in total. The van der Waals surface area contributed by atoms with Crippen molar-refractivity contribution in [1.82, 2.24) is 5.16 Å². The van der Waals surface area contributed by atoms with Gasteiger partial charge in [0, 0.05) is 11.6 Å². The second kappa shape index (κ2) is 4.57. The first-order valence-electron chi connectivity index (χ1n) is 5.83. The van der Waals surface area contributed by atoms with E-state index < -0.39 is 0 Å². The lowest BCUT2D eigenvalue weighted by atomic mass is 10.1. The number of hydrogen-bond donors (Lipinski definition) is 0. The molecule has 0 fully saturated rings. The number of aromatic nitrogens is 1. The van der Waals surface area contributed by atoms with Gasteiger partial charge in [-0.15, -0.1) is 0 Å². The van der Waals surface area contributed by atoms with Gasteiger partial charge in [0.05, 0.1) is 12.5 Å². The molecule has 0 unspecified atom stereocenters. The summed E-state index contributed by atoms with van der Waals surface area (Å²) in [4.78, 5) is 12.3. The number of carbonyl (C=O) groups is 1. The second-order valence-electron chi connectivity index (χ2n) is 4.09. The lowest BCUT2D eigenvalue weighted by Gasteiger charge is -1.98. The van der Waals surface area contributed by atoms with Crippen LogP contribution in [-0.4, -0.2) is 18.0 Å². The highest BCUT2D eigenvalue weighted by molar-refractivity contribution is 6.14. The molecule has 0 amide bonds. The number of hydrogen-bond acceptors (Lipinski definition) is 4. The second-order valence-corrected chi connectivity index (χ2v) is 4.09. The minimum Gasteiger partial charge on any atom is -0.497 e. The molecule has 0 aliphatic rings. The summed E-state index contributed by atoms with van der Waals surface area (Å²) in [7, 11) is 1.58. The fourth-order valence-corrected chi connectivity index (χ4v) is 1.93. The number of ketones is 1. The van der Waals surface area contributed by atoms with Gasteiger partial charge >= 0.3 is 0 Å². The van der Waals surface area contributed by atoms with E-state index in [1.165, 1.54) is 0 Å². The molecule has 0 bridgehead atoms. The fraction of sp³-hybridized carbons (Fsp3) is 0.0667. The third-order valence-corrected chi connectivity index (χ3v) is 2.93. The van der Waals surface area contributed by atoms with E-state index in [2.05, 4.69) is 5.16 Å². The van der Waals surface area contributed by atoms with Crippen molar-refractivity contribution in [3.8, 4) is 5.75 Å². The van der Waals surface area contributed by atoms with Crippen molar-refractivity contribution >= 4 is 16.7 Å². The van der Waals surface area contributed by atoms with Crippen LogP contribution in [0.4, 0.5) is 0 Å². The number of benzene rings is 2. The van der Waals surface area contributed by atoms with Gasteiger partial charge in [0.1, 0.15) is 11.3 Å². The SMILES string of the molecule is COc1ccc2c(C(=O)c3ccccc3)onc2c1. The molecule has 0 aliphatic heterocycles. The van der Waals surface area contributed by atoms with E-state index in [0.29, 0.717) is 22.2 Å². The zero-order valence-corrected chi connectivity index (χ0v) is 10.3. The zero-order valence-electron chi connectivity index (χ0n) is 10.3. The third kappa shape index (κ3) is 1.97. The van der Waals surface area contributed by atoms with Crippen molar-refractivity contribution < 1.29 is 14.1 Å². The Morgan fingerprint density at radius 2 is 1.95 bits per heavy atom. The molecule has 3 rings (SSSR count). The highest BCUT2D eigenvalue weighted by Gasteiger charge is 2.18. The van der Waals surface area contributed by atoms with Crippen molar-refractivity contribution in [2.45, 2.75) is 0 Å². The molecule has 0 saturated heterocycles. The van der Waals surface area contributed by atoms with E-state index in [0.717, 1.165) is 0 Å². The van der Waals surface area contributed by atoms with Gasteiger partial charge in [-0.2, -0.15) is 0 Å². The summed E-state index contributed by atoms with van der Waals surface area (Å²) in [6.07, 6.45) is 0. The summed E-state index contributed by atoms with van der Waals surface area (Å²) < 4.78 is 10.3. The molecule has 94 valence electrons. The minimum atomic E-state index is -0.173. The van der Waals surface area contributed by atoms with Crippen molar-refractivity contribution in [3.63, 3.8) is 0 Å². The third-order valence-electron chi connectivity index (χ3n) is 2.93. The lowest BCUT2D eigenvalue weighted by Crippen LogP contribution is -1.99. The number of ether oxygens (including phenoxy) is 1. The first kappa shape index (κ1) is 11.5. The van der Waals surface area contributed by atoms with Crippen LogP contribution in [0.2, 0.25) is 0 Å². The summed E-state index contributed by atoms with van der Waals surface area (Å²) >= 11 is 0. The Kier molecular flexibility index (Phi) is 2.76. The number of methoxy groups -OCH3 is 1. The molecule has 0 radical (unpaired) electrons. The summed E-state index contributed by atoms with van der Waals surface area (Å²) in [6.45, 7) is 0. The van der Waals surface area contributed by atoms with E-state index in [1.807, 2.05) is 18.2 Å². The van der Waals surface area contributed by atoms with Gasteiger partial charge in [0.15, 0.2) is 0 Å². The summed E-state index contributed by atoms with van der Waals surface area (Å²) in [5.41, 5.74) is 1.19. The Bertz CT molecular complexity index is 731. The molecular weight excluding hydrogens is 242 g/mol. The maximum atomic E-state index is 12.3. The first-order valence-corrected chi connectivity index (χ1v) is 5.83. The minimum absolute atomic E-state index is 0.173. The molecule has 0 saturated carbocycles. The van der Waals surface area contributed by atoms with Gasteiger partial charge in [-0.3, -0.25) is 4.79 Å². The van der Waals surface area contributed by atoms with E-state index in [4.69, 9.17) is 9.26 Å². The molecular formula is C15H11NO3. The average Bonchev–Trinajstić information content (AvgIpc) is 2.90. The van der Waals surface area contributed by atoms with Crippen molar-refractivity contribution in [1.29, 1.82) is 0 Å². The van der Waals surface area contributed by atoms with Crippen LogP contribution in [0, 0.1) is 0 Å². The van der Waals surface area contributed by atoms with Crippen LogP contribution in [0.3, 0.4) is 0 Å². The van der Waals surface area contributed by atoms with Crippen molar-refractivity contribution in [2.75, 3.05) is 7.11 Å². The predicted molar refractivity (Wildman–Crippen MR) is 70.4 cm³/mol. The summed E-state index contributed by atoms with van der Waals surface area (Å²) in [6, 6.07) is 14.3. The summed E-state index contributed by atoms with van der Waals surface area (Å²) in [5, 5.41) is 4.59. The quantitative estimate of drug-likeness (QED) is 0.673. The topological polar surface area (TPSA) is 52.3 Å². The monoisotopic (exact) mass is 253 g/mol. The molecule has 0 spiro atoms. The predicted octanol–water partition coefficient (Wildman–Crippen LogP) is 3.07. The standard InChI is InChI=1S/C15H11NO3/c1-18-11-7-8-12-13(9-11)16-19-15(12)14(17)10-5-3-2-4-6-10/h2-9H,1H3. The van der Waals surface area contributed by atoms with Gasteiger partial charge in [0.25, 0.3) is 0 Å². The molecule has 4 heteroatoms. The Morgan fingerprint density at radius 3 is 2.68 bits per heavy atom. The van der Waals surface area contributed by atoms with Crippen LogP contribution in [0.15, 0.2) is 53.1 Å². The Morgan fingerprint density at radius 1 is 1.16 bits per heavy atom. The first-order chi connectivity index (χ1) is 9.29. The van der Waals surface area contributed by atoms with Crippen LogP contribution in [0.5, 0.6) is 5.75 Å². The molecule has 1 aromatic heterocycles. The van der Waals surface area contributed by atoms with E-state index in [-0.39, 0.29) is 11.5 Å². The highest BCUT2D eigenvalue weighted by atomic mass is 16.5. The molecule has 3 aromatic rings. The van der Waals surface area contributed by atoms with Gasteiger partial charge in [-0.1, -0.05) is 35.5 Å². The van der Waals surface area contributed by atoms with E-state index in [9.17, 15) is 4.79 Å². The summed E-state index contributed by atoms with van der Waals surface area (Å²) in [5.74, 6) is 0.761. The van der Waals surface area contributed by atoms with Crippen LogP contribution >= 0.6 is 0 Å². The number of fused-ring (bicyclic) bond motifs is 1. The van der Waals surface area contributed by atoms with Crippen molar-refractivity contribution in [2.24, 2.45) is 0 Å². The molecule has 0 atom stereocenters. The molecule has 2 aromatic carbocycles.